The standard InChI is InChI=1S/C14H15N5O/c1-10-3-4-13(19-9-15-17-18-19)7-14(10)16-11(2)12-5-6-20-8-12/h3-9,11,16H,1-2H3. The second-order valence-electron chi connectivity index (χ2n) is 4.68. The molecule has 20 heavy (non-hydrogen) atoms. The lowest BCUT2D eigenvalue weighted by molar-refractivity contribution is 0.562. The van der Waals surface area contributed by atoms with Gasteiger partial charge in [0.05, 0.1) is 24.3 Å². The van der Waals surface area contributed by atoms with Crippen LogP contribution in [0.5, 0.6) is 0 Å². The van der Waals surface area contributed by atoms with Crippen molar-refractivity contribution in [2.75, 3.05) is 5.32 Å². The summed E-state index contributed by atoms with van der Waals surface area (Å²) in [4.78, 5) is 0. The van der Waals surface area contributed by atoms with E-state index in [4.69, 9.17) is 4.42 Å². The molecule has 6 heteroatoms. The summed E-state index contributed by atoms with van der Waals surface area (Å²) in [5, 5.41) is 14.7. The van der Waals surface area contributed by atoms with Crippen LogP contribution in [0.4, 0.5) is 5.69 Å². The number of tetrazole rings is 1. The molecule has 2 aromatic heterocycles. The number of aryl methyl sites for hydroxylation is 1. The molecule has 3 rings (SSSR count). The summed E-state index contributed by atoms with van der Waals surface area (Å²) in [5.41, 5.74) is 4.24. The zero-order valence-corrected chi connectivity index (χ0v) is 11.3. The third-order valence-corrected chi connectivity index (χ3v) is 3.25. The van der Waals surface area contributed by atoms with E-state index in [9.17, 15) is 0 Å². The molecule has 102 valence electrons. The molecule has 0 bridgehead atoms. The molecule has 0 aliphatic heterocycles. The first-order valence-electron chi connectivity index (χ1n) is 6.36. The Morgan fingerprint density at radius 3 is 2.90 bits per heavy atom. The van der Waals surface area contributed by atoms with Crippen molar-refractivity contribution < 1.29 is 4.42 Å². The van der Waals surface area contributed by atoms with Crippen LogP contribution in [0.1, 0.15) is 24.1 Å². The molecule has 0 radical (unpaired) electrons. The SMILES string of the molecule is Cc1ccc(-n2cnnn2)cc1NC(C)c1ccoc1. The topological polar surface area (TPSA) is 68.8 Å². The number of nitrogens with zero attached hydrogens (tertiary/aromatic N) is 4. The monoisotopic (exact) mass is 269 g/mol. The van der Waals surface area contributed by atoms with E-state index >= 15 is 0 Å². The maximum atomic E-state index is 5.12. The largest absolute Gasteiger partial charge is 0.472 e. The van der Waals surface area contributed by atoms with Crippen molar-refractivity contribution in [1.29, 1.82) is 0 Å². The van der Waals surface area contributed by atoms with Gasteiger partial charge in [0, 0.05) is 11.3 Å². The van der Waals surface area contributed by atoms with Crippen LogP contribution in [0.25, 0.3) is 5.69 Å². The predicted octanol–water partition coefficient (Wildman–Crippen LogP) is 2.74. The first-order chi connectivity index (χ1) is 9.74. The summed E-state index contributed by atoms with van der Waals surface area (Å²) in [6.07, 6.45) is 5.00. The fraction of sp³-hybridized carbons (Fsp3) is 0.214. The van der Waals surface area contributed by atoms with Gasteiger partial charge in [-0.2, -0.15) is 0 Å². The fourth-order valence-electron chi connectivity index (χ4n) is 2.03. The van der Waals surface area contributed by atoms with E-state index < -0.39 is 0 Å². The molecule has 1 N–H and O–H groups in total. The highest BCUT2D eigenvalue weighted by Crippen LogP contribution is 2.24. The zero-order valence-electron chi connectivity index (χ0n) is 11.3. The average molecular weight is 269 g/mol. The van der Waals surface area contributed by atoms with Crippen LogP contribution in [-0.2, 0) is 0 Å². The van der Waals surface area contributed by atoms with Crippen molar-refractivity contribution in [3.05, 3.63) is 54.2 Å². The maximum Gasteiger partial charge on any atom is 0.143 e. The molecule has 0 aliphatic rings. The van der Waals surface area contributed by atoms with Crippen LogP contribution < -0.4 is 5.32 Å². The van der Waals surface area contributed by atoms with Crippen molar-refractivity contribution in [2.24, 2.45) is 0 Å². The molecule has 0 fully saturated rings. The Morgan fingerprint density at radius 1 is 1.30 bits per heavy atom. The first kappa shape index (κ1) is 12.4. The van der Waals surface area contributed by atoms with Crippen LogP contribution >= 0.6 is 0 Å². The second-order valence-corrected chi connectivity index (χ2v) is 4.68. The fourth-order valence-corrected chi connectivity index (χ4v) is 2.03. The maximum absolute atomic E-state index is 5.12. The van der Waals surface area contributed by atoms with Crippen molar-refractivity contribution in [3.8, 4) is 5.69 Å². The molecular formula is C14H15N5O. The minimum Gasteiger partial charge on any atom is -0.472 e. The van der Waals surface area contributed by atoms with E-state index in [0.29, 0.717) is 0 Å². The molecule has 6 nitrogen and oxygen atoms in total. The van der Waals surface area contributed by atoms with E-state index in [1.54, 1.807) is 23.5 Å². The van der Waals surface area contributed by atoms with Gasteiger partial charge in [-0.25, -0.2) is 4.68 Å². The third kappa shape index (κ3) is 2.40. The van der Waals surface area contributed by atoms with E-state index in [2.05, 4.69) is 34.7 Å². The summed E-state index contributed by atoms with van der Waals surface area (Å²) < 4.78 is 6.75. The summed E-state index contributed by atoms with van der Waals surface area (Å²) in [7, 11) is 0. The van der Waals surface area contributed by atoms with Gasteiger partial charge in [0.25, 0.3) is 0 Å². The zero-order chi connectivity index (χ0) is 13.9. The van der Waals surface area contributed by atoms with E-state index in [1.165, 1.54) is 0 Å². The molecule has 1 aromatic carbocycles. The molecule has 0 saturated heterocycles. The Hall–Kier alpha value is -2.63. The van der Waals surface area contributed by atoms with Crippen molar-refractivity contribution in [2.45, 2.75) is 19.9 Å². The number of hydrogen-bond acceptors (Lipinski definition) is 5. The Kier molecular flexibility index (Phi) is 3.20. The lowest BCUT2D eigenvalue weighted by Gasteiger charge is -2.16. The lowest BCUT2D eigenvalue weighted by Crippen LogP contribution is -2.07. The number of benzene rings is 1. The van der Waals surface area contributed by atoms with Crippen molar-refractivity contribution >= 4 is 5.69 Å². The van der Waals surface area contributed by atoms with Gasteiger partial charge in [-0.3, -0.25) is 0 Å². The molecule has 0 saturated carbocycles. The molecule has 1 unspecified atom stereocenters. The summed E-state index contributed by atoms with van der Waals surface area (Å²) >= 11 is 0. The quantitative estimate of drug-likeness (QED) is 0.788. The number of furan rings is 1. The van der Waals surface area contributed by atoms with Gasteiger partial charge in [-0.05, 0) is 48.0 Å². The van der Waals surface area contributed by atoms with Gasteiger partial charge in [0.2, 0.25) is 0 Å². The van der Waals surface area contributed by atoms with Gasteiger partial charge < -0.3 is 9.73 Å². The van der Waals surface area contributed by atoms with Gasteiger partial charge in [-0.15, -0.1) is 5.10 Å². The summed E-state index contributed by atoms with van der Waals surface area (Å²) in [5.74, 6) is 0. The molecule has 2 heterocycles. The predicted molar refractivity (Wildman–Crippen MR) is 74.6 cm³/mol. The summed E-state index contributed by atoms with van der Waals surface area (Å²) in [6, 6.07) is 8.18. The Labute approximate surface area is 116 Å². The van der Waals surface area contributed by atoms with Gasteiger partial charge in [0.15, 0.2) is 0 Å². The molecule has 0 aliphatic carbocycles. The normalized spacial score (nSPS) is 12.3. The minimum absolute atomic E-state index is 0.163. The van der Waals surface area contributed by atoms with Crippen LogP contribution in [-0.4, -0.2) is 20.2 Å². The number of hydrogen-bond donors (Lipinski definition) is 1. The highest BCUT2D eigenvalue weighted by molar-refractivity contribution is 5.57. The molecule has 0 spiro atoms. The van der Waals surface area contributed by atoms with E-state index in [1.807, 2.05) is 24.3 Å². The highest BCUT2D eigenvalue weighted by Gasteiger charge is 2.09. The Balaban J connectivity index is 1.87. The van der Waals surface area contributed by atoms with E-state index in [0.717, 1.165) is 22.5 Å². The number of aromatic nitrogens is 4. The molecule has 0 amide bonds. The van der Waals surface area contributed by atoms with Gasteiger partial charge >= 0.3 is 0 Å². The Bertz CT molecular complexity index is 676. The van der Waals surface area contributed by atoms with E-state index in [-0.39, 0.29) is 6.04 Å². The van der Waals surface area contributed by atoms with Crippen molar-refractivity contribution in [3.63, 3.8) is 0 Å². The number of rotatable bonds is 4. The third-order valence-electron chi connectivity index (χ3n) is 3.25. The molecular weight excluding hydrogens is 254 g/mol. The highest BCUT2D eigenvalue weighted by atomic mass is 16.3. The number of anilines is 1. The lowest BCUT2D eigenvalue weighted by atomic mass is 10.1. The summed E-state index contributed by atoms with van der Waals surface area (Å²) in [6.45, 7) is 4.15. The Morgan fingerprint density at radius 2 is 2.20 bits per heavy atom. The second kappa shape index (κ2) is 5.16. The van der Waals surface area contributed by atoms with Crippen LogP contribution in [0.15, 0.2) is 47.5 Å². The van der Waals surface area contributed by atoms with Gasteiger partial charge in [-0.1, -0.05) is 6.07 Å². The molecule has 3 aromatic rings. The average Bonchev–Trinajstić information content (AvgIpc) is 3.14. The smallest absolute Gasteiger partial charge is 0.143 e. The van der Waals surface area contributed by atoms with Crippen molar-refractivity contribution in [1.82, 2.24) is 20.2 Å². The molecule has 1 atom stereocenters. The minimum atomic E-state index is 0.163. The van der Waals surface area contributed by atoms with Crippen LogP contribution in [0.3, 0.4) is 0 Å². The van der Waals surface area contributed by atoms with Crippen LogP contribution in [0.2, 0.25) is 0 Å². The van der Waals surface area contributed by atoms with Crippen LogP contribution in [0, 0.1) is 6.92 Å². The van der Waals surface area contributed by atoms with Gasteiger partial charge in [0.1, 0.15) is 6.33 Å². The number of nitrogens with one attached hydrogen (secondary N) is 1. The first-order valence-corrected chi connectivity index (χ1v) is 6.36.